The third kappa shape index (κ3) is 2.46. The first-order chi connectivity index (χ1) is 11.3. The first kappa shape index (κ1) is 14.5. The number of rotatable bonds is 4. The van der Waals surface area contributed by atoms with Crippen LogP contribution in [-0.2, 0) is 6.42 Å². The second-order valence-electron chi connectivity index (χ2n) is 6.73. The van der Waals surface area contributed by atoms with Crippen molar-refractivity contribution in [1.29, 1.82) is 0 Å². The molecule has 0 spiro atoms. The van der Waals surface area contributed by atoms with Crippen molar-refractivity contribution in [3.8, 4) is 0 Å². The van der Waals surface area contributed by atoms with Gasteiger partial charge < -0.3 is 9.84 Å². The number of nitrogens with zero attached hydrogens (tertiary/aromatic N) is 1. The van der Waals surface area contributed by atoms with Crippen LogP contribution in [0.3, 0.4) is 0 Å². The summed E-state index contributed by atoms with van der Waals surface area (Å²) in [7, 11) is 0. The van der Waals surface area contributed by atoms with Crippen molar-refractivity contribution >= 4 is 5.91 Å². The van der Waals surface area contributed by atoms with Crippen LogP contribution in [0.25, 0.3) is 0 Å². The van der Waals surface area contributed by atoms with Crippen molar-refractivity contribution in [2.75, 3.05) is 0 Å². The van der Waals surface area contributed by atoms with Gasteiger partial charge in [-0.3, -0.25) is 4.79 Å². The highest BCUT2D eigenvalue weighted by molar-refractivity contribution is 5.91. The van der Waals surface area contributed by atoms with E-state index in [4.69, 9.17) is 4.52 Å². The highest BCUT2D eigenvalue weighted by Gasteiger charge is 2.53. The first-order valence-electron chi connectivity index (χ1n) is 8.59. The minimum Gasteiger partial charge on any atom is -0.351 e. The fourth-order valence-electron chi connectivity index (χ4n) is 4.43. The molecule has 0 unspecified atom stereocenters. The van der Waals surface area contributed by atoms with Gasteiger partial charge in [0.2, 0.25) is 5.76 Å². The van der Waals surface area contributed by atoms with E-state index in [1.807, 2.05) is 13.0 Å². The van der Waals surface area contributed by atoms with Crippen molar-refractivity contribution in [3.05, 3.63) is 53.4 Å². The van der Waals surface area contributed by atoms with Gasteiger partial charge in [0.25, 0.3) is 5.91 Å². The molecule has 4 rings (SSSR count). The van der Waals surface area contributed by atoms with Gasteiger partial charge in [-0.25, -0.2) is 0 Å². The summed E-state index contributed by atoms with van der Waals surface area (Å²) in [5.41, 5.74) is 2.16. The molecule has 0 bridgehead atoms. The van der Waals surface area contributed by atoms with Crippen LogP contribution in [0, 0.1) is 11.8 Å². The topological polar surface area (TPSA) is 55.1 Å². The van der Waals surface area contributed by atoms with Crippen molar-refractivity contribution in [2.24, 2.45) is 11.8 Å². The zero-order chi connectivity index (χ0) is 15.8. The van der Waals surface area contributed by atoms with Gasteiger partial charge in [0, 0.05) is 18.0 Å². The Morgan fingerprint density at radius 2 is 2.04 bits per heavy atom. The summed E-state index contributed by atoms with van der Waals surface area (Å²) in [6.07, 6.45) is 4.54. The molecule has 4 atom stereocenters. The summed E-state index contributed by atoms with van der Waals surface area (Å²) in [4.78, 5) is 12.5. The average Bonchev–Trinajstić information content (AvgIpc) is 3.21. The molecule has 2 fully saturated rings. The maximum Gasteiger partial charge on any atom is 0.290 e. The highest BCUT2D eigenvalue weighted by atomic mass is 16.5. The third-order valence-corrected chi connectivity index (χ3v) is 5.56. The van der Waals surface area contributed by atoms with E-state index in [2.05, 4.69) is 34.7 Å². The van der Waals surface area contributed by atoms with Crippen LogP contribution in [0.5, 0.6) is 0 Å². The molecule has 0 aliphatic heterocycles. The molecule has 0 radical (unpaired) electrons. The zero-order valence-corrected chi connectivity index (χ0v) is 13.4. The Morgan fingerprint density at radius 3 is 2.78 bits per heavy atom. The Hall–Kier alpha value is -2.10. The quantitative estimate of drug-likeness (QED) is 0.939. The molecule has 1 aromatic heterocycles. The maximum absolute atomic E-state index is 12.5. The van der Waals surface area contributed by atoms with E-state index in [1.165, 1.54) is 24.8 Å². The van der Waals surface area contributed by atoms with E-state index in [0.717, 1.165) is 12.1 Å². The van der Waals surface area contributed by atoms with Gasteiger partial charge in [0.05, 0.1) is 5.69 Å². The lowest BCUT2D eigenvalue weighted by Crippen LogP contribution is -2.56. The van der Waals surface area contributed by atoms with Gasteiger partial charge in [-0.2, -0.15) is 0 Å². The molecule has 0 saturated heterocycles. The Kier molecular flexibility index (Phi) is 3.68. The van der Waals surface area contributed by atoms with Crippen LogP contribution >= 0.6 is 0 Å². The molecular weight excluding hydrogens is 288 g/mol. The largest absolute Gasteiger partial charge is 0.351 e. The van der Waals surface area contributed by atoms with Gasteiger partial charge in [-0.15, -0.1) is 0 Å². The molecular formula is C19H22N2O2. The summed E-state index contributed by atoms with van der Waals surface area (Å²) < 4.78 is 5.18. The average molecular weight is 310 g/mol. The maximum atomic E-state index is 12.5. The molecule has 23 heavy (non-hydrogen) atoms. The minimum absolute atomic E-state index is 0.131. The number of benzene rings is 1. The van der Waals surface area contributed by atoms with E-state index in [9.17, 15) is 4.79 Å². The van der Waals surface area contributed by atoms with Gasteiger partial charge in [0.15, 0.2) is 0 Å². The Bertz CT molecular complexity index is 694. The van der Waals surface area contributed by atoms with Crippen LogP contribution in [0.15, 0.2) is 40.9 Å². The van der Waals surface area contributed by atoms with Gasteiger partial charge in [0.1, 0.15) is 0 Å². The molecule has 4 nitrogen and oxygen atoms in total. The van der Waals surface area contributed by atoms with E-state index < -0.39 is 0 Å². The summed E-state index contributed by atoms with van der Waals surface area (Å²) in [6, 6.07) is 12.5. The number of fused-ring (bicyclic) bond motifs is 1. The zero-order valence-electron chi connectivity index (χ0n) is 13.4. The number of carbonyl (C=O) groups excluding carboxylic acids is 1. The minimum atomic E-state index is -0.131. The first-order valence-corrected chi connectivity index (χ1v) is 8.59. The van der Waals surface area contributed by atoms with Gasteiger partial charge >= 0.3 is 0 Å². The van der Waals surface area contributed by atoms with E-state index in [0.29, 0.717) is 23.5 Å². The third-order valence-electron chi connectivity index (χ3n) is 5.56. The smallest absolute Gasteiger partial charge is 0.290 e. The number of aryl methyl sites for hydroxylation is 1. The molecule has 1 heterocycles. The lowest BCUT2D eigenvalue weighted by Gasteiger charge is -2.49. The second kappa shape index (κ2) is 5.84. The summed E-state index contributed by atoms with van der Waals surface area (Å²) in [5.74, 6) is 1.95. The van der Waals surface area contributed by atoms with Crippen LogP contribution < -0.4 is 5.32 Å². The van der Waals surface area contributed by atoms with Crippen molar-refractivity contribution in [2.45, 2.75) is 44.6 Å². The van der Waals surface area contributed by atoms with Crippen molar-refractivity contribution in [3.63, 3.8) is 0 Å². The molecule has 1 aromatic carbocycles. The molecule has 2 aliphatic rings. The SMILES string of the molecule is CCc1cc(C(=O)N[C@@H]2[C@@H]3CCC[C@H]3[C@@H]2c2ccccc2)on1. The van der Waals surface area contributed by atoms with E-state index >= 15 is 0 Å². The monoisotopic (exact) mass is 310 g/mol. The van der Waals surface area contributed by atoms with Crippen molar-refractivity contribution < 1.29 is 9.32 Å². The summed E-state index contributed by atoms with van der Waals surface area (Å²) in [6.45, 7) is 2.00. The number of amides is 1. The molecule has 1 N–H and O–H groups in total. The number of carbonyl (C=O) groups is 1. The van der Waals surface area contributed by atoms with Gasteiger partial charge in [-0.1, -0.05) is 48.8 Å². The predicted molar refractivity (Wildman–Crippen MR) is 87.1 cm³/mol. The molecule has 120 valence electrons. The lowest BCUT2D eigenvalue weighted by atomic mass is 9.60. The summed E-state index contributed by atoms with van der Waals surface area (Å²) in [5, 5.41) is 7.13. The van der Waals surface area contributed by atoms with Crippen LogP contribution in [0.1, 0.15) is 53.9 Å². The van der Waals surface area contributed by atoms with Crippen LogP contribution in [-0.4, -0.2) is 17.1 Å². The Morgan fingerprint density at radius 1 is 1.26 bits per heavy atom. The van der Waals surface area contributed by atoms with E-state index in [1.54, 1.807) is 6.07 Å². The van der Waals surface area contributed by atoms with Crippen LogP contribution in [0.4, 0.5) is 0 Å². The summed E-state index contributed by atoms with van der Waals surface area (Å²) >= 11 is 0. The molecule has 1 amide bonds. The normalized spacial score (nSPS) is 28.9. The molecule has 2 saturated carbocycles. The molecule has 2 aliphatic carbocycles. The second-order valence-corrected chi connectivity index (χ2v) is 6.73. The van der Waals surface area contributed by atoms with E-state index in [-0.39, 0.29) is 11.9 Å². The predicted octanol–water partition coefficient (Wildman–Crippen LogP) is 3.55. The number of hydrogen-bond donors (Lipinski definition) is 1. The lowest BCUT2D eigenvalue weighted by molar-refractivity contribution is 0.0662. The van der Waals surface area contributed by atoms with Gasteiger partial charge in [-0.05, 0) is 36.7 Å². The number of aromatic nitrogens is 1. The Balaban J connectivity index is 1.53. The van der Waals surface area contributed by atoms with Crippen LogP contribution in [0.2, 0.25) is 0 Å². The fourth-order valence-corrected chi connectivity index (χ4v) is 4.43. The fraction of sp³-hybridized carbons (Fsp3) is 0.474. The Labute approximate surface area is 136 Å². The number of hydrogen-bond acceptors (Lipinski definition) is 3. The number of nitrogens with one attached hydrogen (secondary N) is 1. The molecule has 2 aromatic rings. The highest BCUT2D eigenvalue weighted by Crippen LogP contribution is 2.55. The molecule has 4 heteroatoms. The standard InChI is InChI=1S/C19H22N2O2/c1-2-13-11-16(23-21-13)19(22)20-18-15-10-6-9-14(15)17(18)12-7-4-3-5-8-12/h3-5,7-8,11,14-15,17-18H,2,6,9-10H2,1H3,(H,20,22)/t14-,15-,17+,18-/m1/s1. The van der Waals surface area contributed by atoms with Crippen molar-refractivity contribution in [1.82, 2.24) is 10.5 Å².